The van der Waals surface area contributed by atoms with Gasteiger partial charge >= 0.3 is 0 Å². The molecule has 118 valence electrons. The van der Waals surface area contributed by atoms with Crippen LogP contribution in [0, 0.1) is 0 Å². The standard InChI is InChI=1S/C18H25N3S/c1-16(14-19-15-18-8-5-13-22-18)20-9-11-21(12-10-20)17-6-3-2-4-7-17/h2-8,13,16,19H,9-12,14-15H2,1H3. The number of piperazine rings is 1. The molecule has 1 aliphatic heterocycles. The van der Waals surface area contributed by atoms with Gasteiger partial charge in [-0.2, -0.15) is 0 Å². The van der Waals surface area contributed by atoms with Crippen molar-refractivity contribution in [1.29, 1.82) is 0 Å². The van der Waals surface area contributed by atoms with Gasteiger partial charge in [0.2, 0.25) is 0 Å². The van der Waals surface area contributed by atoms with E-state index in [1.807, 2.05) is 11.3 Å². The molecule has 0 radical (unpaired) electrons. The molecule has 0 bridgehead atoms. The van der Waals surface area contributed by atoms with Gasteiger partial charge in [0, 0.05) is 55.9 Å². The summed E-state index contributed by atoms with van der Waals surface area (Å²) in [6.45, 7) is 8.93. The lowest BCUT2D eigenvalue weighted by Gasteiger charge is -2.39. The van der Waals surface area contributed by atoms with Crippen molar-refractivity contribution in [1.82, 2.24) is 10.2 Å². The second-order valence-electron chi connectivity index (χ2n) is 5.92. The third-order valence-electron chi connectivity index (χ3n) is 4.38. The molecule has 1 N–H and O–H groups in total. The van der Waals surface area contributed by atoms with Gasteiger partial charge in [-0.25, -0.2) is 0 Å². The Morgan fingerprint density at radius 3 is 2.50 bits per heavy atom. The Hall–Kier alpha value is -1.36. The summed E-state index contributed by atoms with van der Waals surface area (Å²) in [6, 6.07) is 15.7. The van der Waals surface area contributed by atoms with Gasteiger partial charge < -0.3 is 10.2 Å². The topological polar surface area (TPSA) is 18.5 Å². The molecule has 1 fully saturated rings. The minimum absolute atomic E-state index is 0.595. The highest BCUT2D eigenvalue weighted by Gasteiger charge is 2.20. The Morgan fingerprint density at radius 2 is 1.82 bits per heavy atom. The number of hydrogen-bond donors (Lipinski definition) is 1. The van der Waals surface area contributed by atoms with Crippen LogP contribution < -0.4 is 10.2 Å². The maximum absolute atomic E-state index is 3.58. The van der Waals surface area contributed by atoms with Crippen LogP contribution in [0.3, 0.4) is 0 Å². The van der Waals surface area contributed by atoms with E-state index in [1.54, 1.807) is 0 Å². The maximum Gasteiger partial charge on any atom is 0.0367 e. The van der Waals surface area contributed by atoms with E-state index in [2.05, 4.69) is 69.9 Å². The number of nitrogens with zero attached hydrogens (tertiary/aromatic N) is 2. The van der Waals surface area contributed by atoms with Crippen molar-refractivity contribution in [3.8, 4) is 0 Å². The molecule has 1 aliphatic rings. The van der Waals surface area contributed by atoms with Crippen molar-refractivity contribution in [2.24, 2.45) is 0 Å². The molecule has 0 amide bonds. The van der Waals surface area contributed by atoms with Gasteiger partial charge in [-0.05, 0) is 30.5 Å². The highest BCUT2D eigenvalue weighted by molar-refractivity contribution is 7.09. The molecule has 1 atom stereocenters. The van der Waals surface area contributed by atoms with Crippen LogP contribution in [0.2, 0.25) is 0 Å². The van der Waals surface area contributed by atoms with E-state index in [-0.39, 0.29) is 0 Å². The van der Waals surface area contributed by atoms with Gasteiger partial charge in [0.15, 0.2) is 0 Å². The normalized spacial score (nSPS) is 17.6. The van der Waals surface area contributed by atoms with Gasteiger partial charge in [-0.15, -0.1) is 11.3 Å². The van der Waals surface area contributed by atoms with E-state index in [9.17, 15) is 0 Å². The summed E-state index contributed by atoms with van der Waals surface area (Å²) in [6.07, 6.45) is 0. The van der Waals surface area contributed by atoms with Crippen molar-refractivity contribution < 1.29 is 0 Å². The van der Waals surface area contributed by atoms with E-state index in [1.165, 1.54) is 10.6 Å². The summed E-state index contributed by atoms with van der Waals surface area (Å²) in [5.41, 5.74) is 1.35. The average molecular weight is 315 g/mol. The molecule has 1 aromatic carbocycles. The molecule has 0 spiro atoms. The van der Waals surface area contributed by atoms with Crippen LogP contribution in [0.1, 0.15) is 11.8 Å². The fourth-order valence-corrected chi connectivity index (χ4v) is 3.68. The number of para-hydroxylation sites is 1. The summed E-state index contributed by atoms with van der Waals surface area (Å²) in [4.78, 5) is 6.50. The first-order valence-corrected chi connectivity index (χ1v) is 8.98. The first-order valence-electron chi connectivity index (χ1n) is 8.10. The van der Waals surface area contributed by atoms with Crippen LogP contribution in [0.4, 0.5) is 5.69 Å². The maximum atomic E-state index is 3.58. The molecule has 0 aliphatic carbocycles. The Morgan fingerprint density at radius 1 is 1.05 bits per heavy atom. The highest BCUT2D eigenvalue weighted by atomic mass is 32.1. The number of rotatable bonds is 6. The number of thiophene rings is 1. The first-order chi connectivity index (χ1) is 10.8. The highest BCUT2D eigenvalue weighted by Crippen LogP contribution is 2.16. The third-order valence-corrected chi connectivity index (χ3v) is 5.25. The second-order valence-corrected chi connectivity index (χ2v) is 6.95. The predicted molar refractivity (Wildman–Crippen MR) is 95.7 cm³/mol. The summed E-state index contributed by atoms with van der Waals surface area (Å²) in [5.74, 6) is 0. The Bertz CT molecular complexity index is 533. The van der Waals surface area contributed by atoms with Crippen molar-refractivity contribution in [2.75, 3.05) is 37.6 Å². The van der Waals surface area contributed by atoms with Crippen LogP contribution in [0.5, 0.6) is 0 Å². The number of nitrogens with one attached hydrogen (secondary N) is 1. The van der Waals surface area contributed by atoms with Gasteiger partial charge in [0.05, 0.1) is 0 Å². The summed E-state index contributed by atoms with van der Waals surface area (Å²) in [5, 5.41) is 5.73. The third kappa shape index (κ3) is 4.09. The quantitative estimate of drug-likeness (QED) is 0.884. The van der Waals surface area contributed by atoms with E-state index in [0.717, 1.165) is 39.3 Å². The largest absolute Gasteiger partial charge is 0.369 e. The molecule has 2 heterocycles. The van der Waals surface area contributed by atoms with Crippen molar-refractivity contribution in [3.63, 3.8) is 0 Å². The minimum atomic E-state index is 0.595. The molecule has 4 heteroatoms. The van der Waals surface area contributed by atoms with E-state index >= 15 is 0 Å². The molecular formula is C18H25N3S. The van der Waals surface area contributed by atoms with Crippen molar-refractivity contribution in [3.05, 3.63) is 52.7 Å². The van der Waals surface area contributed by atoms with Crippen molar-refractivity contribution >= 4 is 17.0 Å². The number of anilines is 1. The van der Waals surface area contributed by atoms with Crippen molar-refractivity contribution in [2.45, 2.75) is 19.5 Å². The van der Waals surface area contributed by atoms with E-state index in [4.69, 9.17) is 0 Å². The minimum Gasteiger partial charge on any atom is -0.369 e. The zero-order valence-electron chi connectivity index (χ0n) is 13.2. The van der Waals surface area contributed by atoms with E-state index in [0.29, 0.717) is 6.04 Å². The average Bonchev–Trinajstić information content (AvgIpc) is 3.09. The van der Waals surface area contributed by atoms with Crippen LogP contribution in [0.25, 0.3) is 0 Å². The molecular weight excluding hydrogens is 290 g/mol. The molecule has 3 rings (SSSR count). The summed E-state index contributed by atoms with van der Waals surface area (Å²) in [7, 11) is 0. The lowest BCUT2D eigenvalue weighted by molar-refractivity contribution is 0.193. The van der Waals surface area contributed by atoms with Gasteiger partial charge in [-0.1, -0.05) is 24.3 Å². The second kappa shape index (κ2) is 7.77. The Labute approximate surface area is 137 Å². The molecule has 3 nitrogen and oxygen atoms in total. The van der Waals surface area contributed by atoms with Crippen LogP contribution in [0.15, 0.2) is 47.8 Å². The molecule has 1 unspecified atom stereocenters. The number of hydrogen-bond acceptors (Lipinski definition) is 4. The van der Waals surface area contributed by atoms with Gasteiger partial charge in [-0.3, -0.25) is 4.90 Å². The molecule has 1 aromatic heterocycles. The summed E-state index contributed by atoms with van der Waals surface area (Å²) < 4.78 is 0. The molecule has 22 heavy (non-hydrogen) atoms. The zero-order chi connectivity index (χ0) is 15.2. The van der Waals surface area contributed by atoms with E-state index < -0.39 is 0 Å². The van der Waals surface area contributed by atoms with Gasteiger partial charge in [0.1, 0.15) is 0 Å². The predicted octanol–water partition coefficient (Wildman–Crippen LogP) is 3.05. The number of benzene rings is 1. The molecule has 1 saturated heterocycles. The smallest absolute Gasteiger partial charge is 0.0367 e. The summed E-state index contributed by atoms with van der Waals surface area (Å²) >= 11 is 1.83. The van der Waals surface area contributed by atoms with Gasteiger partial charge in [0.25, 0.3) is 0 Å². The zero-order valence-corrected chi connectivity index (χ0v) is 14.1. The Balaban J connectivity index is 1.41. The SMILES string of the molecule is CC(CNCc1cccs1)N1CCN(c2ccccc2)CC1. The fraction of sp³-hybridized carbons (Fsp3) is 0.444. The van der Waals surface area contributed by atoms with Crippen LogP contribution in [-0.2, 0) is 6.54 Å². The lowest BCUT2D eigenvalue weighted by atomic mass is 10.2. The Kier molecular flexibility index (Phi) is 5.48. The molecule has 2 aromatic rings. The lowest BCUT2D eigenvalue weighted by Crippen LogP contribution is -2.51. The van der Waals surface area contributed by atoms with Crippen LogP contribution >= 0.6 is 11.3 Å². The first kappa shape index (κ1) is 15.5. The fourth-order valence-electron chi connectivity index (χ4n) is 3.01. The monoisotopic (exact) mass is 315 g/mol. The van der Waals surface area contributed by atoms with Crippen LogP contribution in [-0.4, -0.2) is 43.7 Å². The molecule has 0 saturated carbocycles.